The second-order valence-electron chi connectivity index (χ2n) is 4.94. The van der Waals surface area contributed by atoms with Crippen molar-refractivity contribution in [3.05, 3.63) is 63.9 Å². The second kappa shape index (κ2) is 6.66. The van der Waals surface area contributed by atoms with Crippen LogP contribution >= 0.6 is 15.9 Å². The summed E-state index contributed by atoms with van der Waals surface area (Å²) < 4.78 is 0.996. The molecule has 20 heavy (non-hydrogen) atoms. The zero-order valence-electron chi connectivity index (χ0n) is 11.2. The Labute approximate surface area is 126 Å². The fraction of sp³-hybridized carbons (Fsp3) is 0.250. The molecule has 1 aromatic carbocycles. The average Bonchev–Trinajstić information content (AvgIpc) is 2.40. The zero-order chi connectivity index (χ0) is 14.5. The fourth-order valence-electron chi connectivity index (χ4n) is 2.17. The molecule has 0 aliphatic heterocycles. The smallest absolute Gasteiger partial charge is 0.307 e. The number of carboxylic acids is 1. The minimum atomic E-state index is -0.769. The Balaban J connectivity index is 2.11. The minimum absolute atomic E-state index is 0.431. The van der Waals surface area contributed by atoms with E-state index >= 15 is 0 Å². The topological polar surface area (TPSA) is 50.2 Å². The highest BCUT2D eigenvalue weighted by atomic mass is 79.9. The van der Waals surface area contributed by atoms with Crippen molar-refractivity contribution in [1.29, 1.82) is 0 Å². The van der Waals surface area contributed by atoms with E-state index in [4.69, 9.17) is 0 Å². The highest BCUT2D eigenvalue weighted by molar-refractivity contribution is 9.10. The predicted molar refractivity (Wildman–Crippen MR) is 81.6 cm³/mol. The van der Waals surface area contributed by atoms with Crippen LogP contribution in [0.15, 0.2) is 47.2 Å². The van der Waals surface area contributed by atoms with E-state index in [9.17, 15) is 9.90 Å². The number of hydrogen-bond acceptors (Lipinski definition) is 2. The number of aliphatic carboxylic acids is 1. The lowest BCUT2D eigenvalue weighted by atomic mass is 9.93. The van der Waals surface area contributed by atoms with Gasteiger partial charge in [-0.3, -0.25) is 9.78 Å². The van der Waals surface area contributed by atoms with Gasteiger partial charge in [-0.1, -0.05) is 34.1 Å². The van der Waals surface area contributed by atoms with Gasteiger partial charge in [0.05, 0.1) is 5.92 Å². The maximum Gasteiger partial charge on any atom is 0.307 e. The SMILES string of the molecule is Cc1cncc(CC(Cc2ccc(Br)cc2)C(=O)O)c1. The van der Waals surface area contributed by atoms with Crippen molar-refractivity contribution in [3.63, 3.8) is 0 Å². The Morgan fingerprint density at radius 1 is 1.20 bits per heavy atom. The Morgan fingerprint density at radius 2 is 1.85 bits per heavy atom. The summed E-state index contributed by atoms with van der Waals surface area (Å²) >= 11 is 3.38. The number of carboxylic acid groups (broad SMARTS) is 1. The van der Waals surface area contributed by atoms with E-state index in [0.29, 0.717) is 12.8 Å². The molecule has 1 N–H and O–H groups in total. The van der Waals surface area contributed by atoms with Crippen LogP contribution in [0.25, 0.3) is 0 Å². The molecule has 104 valence electrons. The van der Waals surface area contributed by atoms with Crippen LogP contribution in [0, 0.1) is 12.8 Å². The maximum atomic E-state index is 11.4. The number of halogens is 1. The molecule has 0 spiro atoms. The third-order valence-electron chi connectivity index (χ3n) is 3.16. The maximum absolute atomic E-state index is 11.4. The fourth-order valence-corrected chi connectivity index (χ4v) is 2.43. The number of nitrogens with zero attached hydrogens (tertiary/aromatic N) is 1. The summed E-state index contributed by atoms with van der Waals surface area (Å²) in [5.74, 6) is -1.20. The first kappa shape index (κ1) is 14.7. The summed E-state index contributed by atoms with van der Waals surface area (Å²) in [5.41, 5.74) is 3.05. The summed E-state index contributed by atoms with van der Waals surface area (Å²) in [7, 11) is 0. The van der Waals surface area contributed by atoms with Gasteiger partial charge in [0.1, 0.15) is 0 Å². The number of carbonyl (C=O) groups is 1. The van der Waals surface area contributed by atoms with Gasteiger partial charge in [-0.15, -0.1) is 0 Å². The van der Waals surface area contributed by atoms with E-state index in [2.05, 4.69) is 20.9 Å². The van der Waals surface area contributed by atoms with Crippen molar-refractivity contribution >= 4 is 21.9 Å². The second-order valence-corrected chi connectivity index (χ2v) is 5.86. The van der Waals surface area contributed by atoms with Gasteiger partial charge in [0.15, 0.2) is 0 Å². The molecule has 3 nitrogen and oxygen atoms in total. The van der Waals surface area contributed by atoms with Gasteiger partial charge in [-0.25, -0.2) is 0 Å². The molecule has 2 aromatic rings. The highest BCUT2D eigenvalue weighted by Gasteiger charge is 2.18. The first-order chi connectivity index (χ1) is 9.54. The molecule has 4 heteroatoms. The molecule has 1 heterocycles. The van der Waals surface area contributed by atoms with Gasteiger partial charge in [0.2, 0.25) is 0 Å². The Hall–Kier alpha value is -1.68. The molecular weight excluding hydrogens is 318 g/mol. The van der Waals surface area contributed by atoms with E-state index in [1.165, 1.54) is 0 Å². The van der Waals surface area contributed by atoms with Crippen LogP contribution < -0.4 is 0 Å². The van der Waals surface area contributed by atoms with E-state index in [1.54, 1.807) is 12.4 Å². The van der Waals surface area contributed by atoms with Crippen molar-refractivity contribution in [2.24, 2.45) is 5.92 Å². The molecule has 0 saturated carbocycles. The quantitative estimate of drug-likeness (QED) is 0.908. The lowest BCUT2D eigenvalue weighted by molar-refractivity contribution is -0.141. The van der Waals surface area contributed by atoms with Crippen molar-refractivity contribution in [3.8, 4) is 0 Å². The Morgan fingerprint density at radius 3 is 2.45 bits per heavy atom. The van der Waals surface area contributed by atoms with E-state index in [0.717, 1.165) is 21.2 Å². The van der Waals surface area contributed by atoms with E-state index in [-0.39, 0.29) is 0 Å². The number of hydrogen-bond donors (Lipinski definition) is 1. The van der Waals surface area contributed by atoms with Gasteiger partial charge in [-0.2, -0.15) is 0 Å². The normalized spacial score (nSPS) is 12.1. The van der Waals surface area contributed by atoms with Crippen molar-refractivity contribution in [1.82, 2.24) is 4.98 Å². The van der Waals surface area contributed by atoms with Crippen LogP contribution in [0.3, 0.4) is 0 Å². The molecule has 0 amide bonds. The number of aryl methyl sites for hydroxylation is 1. The highest BCUT2D eigenvalue weighted by Crippen LogP contribution is 2.17. The average molecular weight is 334 g/mol. The van der Waals surface area contributed by atoms with Crippen LogP contribution in [0.5, 0.6) is 0 Å². The summed E-state index contributed by atoms with van der Waals surface area (Å²) in [6, 6.07) is 9.76. The standard InChI is InChI=1S/C16H16BrNO2/c1-11-6-13(10-18-9-11)8-14(16(19)20)7-12-2-4-15(17)5-3-12/h2-6,9-10,14H,7-8H2,1H3,(H,19,20). The first-order valence-corrected chi connectivity index (χ1v) is 7.21. The van der Waals surface area contributed by atoms with Crippen LogP contribution in [0.2, 0.25) is 0 Å². The van der Waals surface area contributed by atoms with Gasteiger partial charge < -0.3 is 5.11 Å². The summed E-state index contributed by atoms with van der Waals surface area (Å²) in [6.45, 7) is 1.96. The third-order valence-corrected chi connectivity index (χ3v) is 3.69. The van der Waals surface area contributed by atoms with Crippen molar-refractivity contribution in [2.75, 3.05) is 0 Å². The molecular formula is C16H16BrNO2. The first-order valence-electron chi connectivity index (χ1n) is 6.42. The number of rotatable bonds is 5. The lowest BCUT2D eigenvalue weighted by Gasteiger charge is -2.13. The molecule has 0 saturated heterocycles. The predicted octanol–water partition coefficient (Wildman–Crippen LogP) is 3.64. The molecule has 0 aliphatic rings. The van der Waals surface area contributed by atoms with Gasteiger partial charge >= 0.3 is 5.97 Å². The lowest BCUT2D eigenvalue weighted by Crippen LogP contribution is -2.19. The summed E-state index contributed by atoms with van der Waals surface area (Å²) in [6.07, 6.45) is 4.54. The molecule has 0 fully saturated rings. The van der Waals surface area contributed by atoms with Gasteiger partial charge in [0, 0.05) is 16.9 Å². The summed E-state index contributed by atoms with van der Waals surface area (Å²) in [5, 5.41) is 9.39. The number of pyridine rings is 1. The van der Waals surface area contributed by atoms with Crippen molar-refractivity contribution in [2.45, 2.75) is 19.8 Å². The van der Waals surface area contributed by atoms with E-state index in [1.807, 2.05) is 37.3 Å². The zero-order valence-corrected chi connectivity index (χ0v) is 12.8. The van der Waals surface area contributed by atoms with Crippen LogP contribution in [-0.4, -0.2) is 16.1 Å². The van der Waals surface area contributed by atoms with E-state index < -0.39 is 11.9 Å². The Kier molecular flexibility index (Phi) is 4.90. The third kappa shape index (κ3) is 4.17. The number of benzene rings is 1. The van der Waals surface area contributed by atoms with Crippen molar-refractivity contribution < 1.29 is 9.90 Å². The van der Waals surface area contributed by atoms with Gasteiger partial charge in [0.25, 0.3) is 0 Å². The molecule has 1 unspecified atom stereocenters. The largest absolute Gasteiger partial charge is 0.481 e. The van der Waals surface area contributed by atoms with Gasteiger partial charge in [-0.05, 0) is 48.6 Å². The summed E-state index contributed by atoms with van der Waals surface area (Å²) in [4.78, 5) is 15.5. The minimum Gasteiger partial charge on any atom is -0.481 e. The molecule has 1 aromatic heterocycles. The molecule has 0 bridgehead atoms. The number of aromatic nitrogens is 1. The molecule has 0 aliphatic carbocycles. The molecule has 2 rings (SSSR count). The van der Waals surface area contributed by atoms with Crippen LogP contribution in [-0.2, 0) is 17.6 Å². The van der Waals surface area contributed by atoms with Crippen LogP contribution in [0.1, 0.15) is 16.7 Å². The Bertz CT molecular complexity index is 596. The molecule has 1 atom stereocenters. The van der Waals surface area contributed by atoms with Crippen LogP contribution in [0.4, 0.5) is 0 Å². The molecule has 0 radical (unpaired) electrons. The monoisotopic (exact) mass is 333 g/mol.